The van der Waals surface area contributed by atoms with Gasteiger partial charge in [-0.2, -0.15) is 0 Å². The third kappa shape index (κ3) is 4.72. The number of aryl methyl sites for hydroxylation is 1. The van der Waals surface area contributed by atoms with Gasteiger partial charge in [0.05, 0.1) is 12.2 Å². The molecular weight excluding hydrogens is 319 g/mol. The molecule has 0 amide bonds. The number of carbonyl (C=O) groups is 1. The van der Waals surface area contributed by atoms with Crippen LogP contribution in [0, 0.1) is 0 Å². The minimum Gasteiger partial charge on any atom is -0.472 e. The third-order valence-corrected chi connectivity index (χ3v) is 3.86. The molecule has 0 saturated heterocycles. The number of hydrogen-bond acceptors (Lipinski definition) is 5. The van der Waals surface area contributed by atoms with Crippen molar-refractivity contribution in [1.29, 1.82) is 0 Å². The molecule has 2 rings (SSSR count). The molecule has 1 aromatic heterocycles. The quantitative estimate of drug-likeness (QED) is 0.544. The fourth-order valence-corrected chi connectivity index (χ4v) is 2.62. The lowest BCUT2D eigenvalue weighted by molar-refractivity contribution is 0.0501. The Morgan fingerprint density at radius 1 is 1.39 bits per heavy atom. The van der Waals surface area contributed by atoms with Crippen molar-refractivity contribution in [1.82, 2.24) is 9.78 Å². The van der Waals surface area contributed by atoms with Crippen molar-refractivity contribution in [3.05, 3.63) is 41.6 Å². The Kier molecular flexibility index (Phi) is 6.46. The Bertz CT molecular complexity index is 661. The Morgan fingerprint density at radius 3 is 2.87 bits per heavy atom. The lowest BCUT2D eigenvalue weighted by Crippen LogP contribution is -2.12. The molecular formula is C16H19FN2O3S. The summed E-state index contributed by atoms with van der Waals surface area (Å²) in [5.41, 5.74) is 1.01. The second-order valence-electron chi connectivity index (χ2n) is 4.79. The van der Waals surface area contributed by atoms with E-state index in [4.69, 9.17) is 9.47 Å². The van der Waals surface area contributed by atoms with E-state index >= 15 is 0 Å². The molecule has 0 N–H and O–H groups in total. The predicted molar refractivity (Wildman–Crippen MR) is 86.4 cm³/mol. The van der Waals surface area contributed by atoms with Crippen molar-refractivity contribution >= 4 is 17.7 Å². The Balaban J connectivity index is 2.23. The second kappa shape index (κ2) is 8.57. The summed E-state index contributed by atoms with van der Waals surface area (Å²) in [6.07, 6.45) is 2.50. The van der Waals surface area contributed by atoms with Crippen molar-refractivity contribution < 1.29 is 18.7 Å². The lowest BCUT2D eigenvalue weighted by atomic mass is 10.1. The van der Waals surface area contributed by atoms with E-state index in [1.54, 1.807) is 42.2 Å². The van der Waals surface area contributed by atoms with Gasteiger partial charge in [0.15, 0.2) is 0 Å². The van der Waals surface area contributed by atoms with E-state index in [-0.39, 0.29) is 6.61 Å². The van der Waals surface area contributed by atoms with Gasteiger partial charge < -0.3 is 9.47 Å². The first-order chi connectivity index (χ1) is 11.2. The number of esters is 1. The molecule has 0 unspecified atom stereocenters. The van der Waals surface area contributed by atoms with Crippen LogP contribution in [0.1, 0.15) is 29.3 Å². The van der Waals surface area contributed by atoms with Crippen LogP contribution < -0.4 is 4.74 Å². The van der Waals surface area contributed by atoms with Gasteiger partial charge in [0, 0.05) is 29.8 Å². The number of rotatable bonds is 8. The van der Waals surface area contributed by atoms with Gasteiger partial charge in [-0.1, -0.05) is 24.8 Å². The molecule has 0 saturated carbocycles. The minimum atomic E-state index is -0.579. The molecule has 0 aliphatic rings. The molecule has 5 nitrogen and oxygen atoms in total. The van der Waals surface area contributed by atoms with Crippen LogP contribution in [-0.2, 0) is 18.4 Å². The molecule has 0 fully saturated rings. The summed E-state index contributed by atoms with van der Waals surface area (Å²) in [5, 5.41) is 4.12. The monoisotopic (exact) mass is 338 g/mol. The number of nitrogens with zero attached hydrogens (tertiary/aromatic N) is 2. The first-order valence-corrected chi connectivity index (χ1v) is 8.24. The second-order valence-corrected chi connectivity index (χ2v) is 5.73. The third-order valence-electron chi connectivity index (χ3n) is 3.05. The van der Waals surface area contributed by atoms with E-state index < -0.39 is 12.0 Å². The number of halogens is 1. The molecule has 124 valence electrons. The maximum Gasteiger partial charge on any atom is 0.338 e. The van der Waals surface area contributed by atoms with Gasteiger partial charge in [0.25, 0.3) is 0 Å². The first-order valence-electron chi connectivity index (χ1n) is 7.26. The zero-order chi connectivity index (χ0) is 16.7. The highest BCUT2D eigenvalue weighted by Crippen LogP contribution is 2.27. The summed E-state index contributed by atoms with van der Waals surface area (Å²) in [5.74, 6) is 0.0215. The smallest absolute Gasteiger partial charge is 0.338 e. The summed E-state index contributed by atoms with van der Waals surface area (Å²) in [6.45, 7) is 2.39. The Labute approximate surface area is 138 Å². The van der Waals surface area contributed by atoms with Crippen LogP contribution in [0.2, 0.25) is 0 Å². The number of aromatic nitrogens is 2. The van der Waals surface area contributed by atoms with E-state index in [1.165, 1.54) is 0 Å². The van der Waals surface area contributed by atoms with E-state index in [1.807, 2.05) is 6.92 Å². The molecule has 0 radical (unpaired) electrons. The van der Waals surface area contributed by atoms with Crippen molar-refractivity contribution in [3.63, 3.8) is 0 Å². The molecule has 1 aromatic carbocycles. The predicted octanol–water partition coefficient (Wildman–Crippen LogP) is 3.59. The summed E-state index contributed by atoms with van der Waals surface area (Å²) < 4.78 is 25.2. The minimum absolute atomic E-state index is 0.122. The number of benzene rings is 1. The van der Waals surface area contributed by atoms with E-state index in [0.29, 0.717) is 28.5 Å². The fourth-order valence-electron chi connectivity index (χ4n) is 1.99. The van der Waals surface area contributed by atoms with Crippen molar-refractivity contribution in [2.75, 3.05) is 12.6 Å². The molecule has 0 bridgehead atoms. The topological polar surface area (TPSA) is 53.4 Å². The van der Waals surface area contributed by atoms with Crippen LogP contribution in [0.15, 0.2) is 35.4 Å². The molecule has 0 aliphatic carbocycles. The average molecular weight is 338 g/mol. The van der Waals surface area contributed by atoms with E-state index in [9.17, 15) is 9.18 Å². The summed E-state index contributed by atoms with van der Waals surface area (Å²) in [4.78, 5) is 12.9. The largest absolute Gasteiger partial charge is 0.472 e. The van der Waals surface area contributed by atoms with Crippen molar-refractivity contribution in [2.45, 2.75) is 24.8 Å². The highest BCUT2D eigenvalue weighted by atomic mass is 32.2. The maximum atomic E-state index is 12.8. The zero-order valence-electron chi connectivity index (χ0n) is 13.1. The summed E-state index contributed by atoms with van der Waals surface area (Å²) >= 11 is 1.02. The fraction of sp³-hybridized carbons (Fsp3) is 0.375. The van der Waals surface area contributed by atoms with Gasteiger partial charge in [-0.05, 0) is 18.6 Å². The zero-order valence-corrected chi connectivity index (χ0v) is 13.9. The van der Waals surface area contributed by atoms with Gasteiger partial charge in [-0.15, -0.1) is 5.10 Å². The van der Waals surface area contributed by atoms with Crippen molar-refractivity contribution in [2.24, 2.45) is 7.05 Å². The van der Waals surface area contributed by atoms with E-state index in [2.05, 4.69) is 5.10 Å². The Morgan fingerprint density at radius 2 is 2.22 bits per heavy atom. The molecule has 7 heteroatoms. The highest BCUT2D eigenvalue weighted by molar-refractivity contribution is 7.99. The SMILES string of the molecule is CCCOC(=O)c1cccc(SCF)c1COc1ccn(C)n1. The van der Waals surface area contributed by atoms with Gasteiger partial charge in [0.2, 0.25) is 5.88 Å². The average Bonchev–Trinajstić information content (AvgIpc) is 2.97. The number of carbonyl (C=O) groups excluding carboxylic acids is 1. The van der Waals surface area contributed by atoms with Crippen LogP contribution in [0.25, 0.3) is 0 Å². The maximum absolute atomic E-state index is 12.8. The van der Waals surface area contributed by atoms with Gasteiger partial charge >= 0.3 is 5.97 Å². The van der Waals surface area contributed by atoms with Crippen LogP contribution in [0.3, 0.4) is 0 Å². The van der Waals surface area contributed by atoms with Crippen LogP contribution in [0.5, 0.6) is 5.88 Å². The van der Waals surface area contributed by atoms with Crippen LogP contribution in [0.4, 0.5) is 4.39 Å². The van der Waals surface area contributed by atoms with Crippen LogP contribution in [-0.4, -0.2) is 28.4 Å². The molecule has 1 heterocycles. The lowest BCUT2D eigenvalue weighted by Gasteiger charge is -2.13. The number of thioether (sulfide) groups is 1. The molecule has 0 aliphatic heterocycles. The van der Waals surface area contributed by atoms with Gasteiger partial charge in [-0.3, -0.25) is 4.68 Å². The normalized spacial score (nSPS) is 10.6. The van der Waals surface area contributed by atoms with Gasteiger partial charge in [-0.25, -0.2) is 9.18 Å². The van der Waals surface area contributed by atoms with Crippen LogP contribution >= 0.6 is 11.8 Å². The Hall–Kier alpha value is -2.02. The molecule has 0 atom stereocenters. The van der Waals surface area contributed by atoms with Crippen molar-refractivity contribution in [3.8, 4) is 5.88 Å². The number of hydrogen-bond donors (Lipinski definition) is 0. The molecule has 2 aromatic rings. The van der Waals surface area contributed by atoms with Gasteiger partial charge in [0.1, 0.15) is 12.6 Å². The standard InChI is InChI=1S/C16H19FN2O3S/c1-3-9-21-16(20)12-5-4-6-14(23-11-17)13(12)10-22-15-7-8-19(2)18-15/h4-8H,3,9-11H2,1-2H3. The summed E-state index contributed by atoms with van der Waals surface area (Å²) in [7, 11) is 1.79. The molecule has 23 heavy (non-hydrogen) atoms. The molecule has 0 spiro atoms. The highest BCUT2D eigenvalue weighted by Gasteiger charge is 2.17. The summed E-state index contributed by atoms with van der Waals surface area (Å²) in [6, 6.07) is 6.28. The first kappa shape index (κ1) is 17.3. The van der Waals surface area contributed by atoms with E-state index in [0.717, 1.165) is 18.2 Å². The number of alkyl halides is 1. The number of ether oxygens (including phenoxy) is 2.